The van der Waals surface area contributed by atoms with Crippen molar-refractivity contribution in [2.75, 3.05) is 4.72 Å². The molecule has 6 nitrogen and oxygen atoms in total. The molecule has 0 saturated carbocycles. The van der Waals surface area contributed by atoms with Gasteiger partial charge in [0.15, 0.2) is 5.82 Å². The minimum Gasteiger partial charge on any atom is -0.475 e. The van der Waals surface area contributed by atoms with Gasteiger partial charge in [0.2, 0.25) is 10.9 Å². The summed E-state index contributed by atoms with van der Waals surface area (Å²) in [4.78, 5) is 10.6. The maximum Gasteiger partial charge on any atom is 0.371 e. The summed E-state index contributed by atoms with van der Waals surface area (Å²) >= 11 is 0. The van der Waals surface area contributed by atoms with Gasteiger partial charge in [-0.15, -0.1) is 0 Å². The molecule has 0 radical (unpaired) electrons. The zero-order valence-corrected chi connectivity index (χ0v) is 11.4. The summed E-state index contributed by atoms with van der Waals surface area (Å²) in [5, 5.41) is 7.89. The highest BCUT2D eigenvalue weighted by Gasteiger charge is 2.24. The Labute approximate surface area is 118 Å². The molecule has 0 amide bonds. The number of aryl methyl sites for hydroxylation is 1. The van der Waals surface area contributed by atoms with Crippen molar-refractivity contribution < 1.29 is 31.5 Å². The molecule has 112 valence electrons. The van der Waals surface area contributed by atoms with Crippen LogP contribution in [0.4, 0.5) is 14.5 Å². The number of furan rings is 1. The van der Waals surface area contributed by atoms with Gasteiger partial charge in [-0.1, -0.05) is 6.07 Å². The molecule has 0 saturated heterocycles. The highest BCUT2D eigenvalue weighted by Crippen LogP contribution is 2.25. The molecule has 9 heteroatoms. The van der Waals surface area contributed by atoms with Gasteiger partial charge in [-0.3, -0.25) is 4.72 Å². The van der Waals surface area contributed by atoms with Crippen LogP contribution in [0.25, 0.3) is 0 Å². The number of anilines is 1. The SMILES string of the molecule is Cc1ccc(F)c(NS(=O)(=O)c2ccc(C(=O)O)o2)c1F. The van der Waals surface area contributed by atoms with Crippen LogP contribution in [-0.4, -0.2) is 19.5 Å². The molecule has 2 N–H and O–H groups in total. The molecule has 0 bridgehead atoms. The van der Waals surface area contributed by atoms with Gasteiger partial charge in [0.05, 0.1) is 0 Å². The largest absolute Gasteiger partial charge is 0.475 e. The van der Waals surface area contributed by atoms with Crippen molar-refractivity contribution in [2.45, 2.75) is 12.0 Å². The van der Waals surface area contributed by atoms with E-state index in [1.54, 1.807) is 4.72 Å². The number of sulfonamides is 1. The van der Waals surface area contributed by atoms with Gasteiger partial charge >= 0.3 is 5.97 Å². The predicted octanol–water partition coefficient (Wildman–Crippen LogP) is 2.37. The highest BCUT2D eigenvalue weighted by atomic mass is 32.2. The summed E-state index contributed by atoms with van der Waals surface area (Å²) in [6, 6.07) is 3.84. The average Bonchev–Trinajstić information content (AvgIpc) is 2.90. The van der Waals surface area contributed by atoms with Crippen LogP contribution < -0.4 is 4.72 Å². The van der Waals surface area contributed by atoms with E-state index in [-0.39, 0.29) is 5.56 Å². The van der Waals surface area contributed by atoms with Crippen LogP contribution in [0.2, 0.25) is 0 Å². The van der Waals surface area contributed by atoms with Gasteiger partial charge in [-0.25, -0.2) is 13.6 Å². The molecule has 2 aromatic rings. The Morgan fingerprint density at radius 1 is 1.24 bits per heavy atom. The van der Waals surface area contributed by atoms with Gasteiger partial charge in [0.1, 0.15) is 11.5 Å². The number of hydrogen-bond donors (Lipinski definition) is 2. The fraction of sp³-hybridized carbons (Fsp3) is 0.0833. The fourth-order valence-electron chi connectivity index (χ4n) is 1.51. The van der Waals surface area contributed by atoms with Crippen LogP contribution in [0.3, 0.4) is 0 Å². The number of carbonyl (C=O) groups is 1. The summed E-state index contributed by atoms with van der Waals surface area (Å²) in [6.45, 7) is 1.34. The first-order valence-electron chi connectivity index (χ1n) is 5.53. The average molecular weight is 317 g/mol. The Kier molecular flexibility index (Phi) is 3.69. The smallest absolute Gasteiger partial charge is 0.371 e. The molecule has 1 heterocycles. The normalized spacial score (nSPS) is 11.4. The van der Waals surface area contributed by atoms with Crippen molar-refractivity contribution >= 4 is 21.7 Å². The summed E-state index contributed by atoms with van der Waals surface area (Å²) in [5.74, 6) is -4.25. The molecule has 2 rings (SSSR count). The number of carboxylic acids is 1. The third kappa shape index (κ3) is 2.87. The summed E-state index contributed by atoms with van der Waals surface area (Å²) in [6.07, 6.45) is 0. The Hall–Kier alpha value is -2.42. The van der Waals surface area contributed by atoms with Crippen molar-refractivity contribution in [3.8, 4) is 0 Å². The highest BCUT2D eigenvalue weighted by molar-refractivity contribution is 7.92. The molecule has 0 unspecified atom stereocenters. The van der Waals surface area contributed by atoms with E-state index in [9.17, 15) is 22.0 Å². The number of aromatic carboxylic acids is 1. The lowest BCUT2D eigenvalue weighted by Gasteiger charge is -2.09. The number of carboxylic acid groups (broad SMARTS) is 1. The second-order valence-corrected chi connectivity index (χ2v) is 5.70. The van der Waals surface area contributed by atoms with Crippen molar-refractivity contribution in [1.29, 1.82) is 0 Å². The fourth-order valence-corrected chi connectivity index (χ4v) is 2.52. The lowest BCUT2D eigenvalue weighted by Crippen LogP contribution is -2.15. The van der Waals surface area contributed by atoms with Crippen molar-refractivity contribution in [2.24, 2.45) is 0 Å². The topological polar surface area (TPSA) is 96.6 Å². The van der Waals surface area contributed by atoms with E-state index in [2.05, 4.69) is 4.42 Å². The Morgan fingerprint density at radius 2 is 1.90 bits per heavy atom. The van der Waals surface area contributed by atoms with E-state index < -0.39 is 44.2 Å². The van der Waals surface area contributed by atoms with E-state index in [0.29, 0.717) is 0 Å². The van der Waals surface area contributed by atoms with Gasteiger partial charge in [-0.2, -0.15) is 8.42 Å². The molecule has 1 aromatic carbocycles. The van der Waals surface area contributed by atoms with Gasteiger partial charge in [0.25, 0.3) is 10.0 Å². The van der Waals surface area contributed by atoms with E-state index >= 15 is 0 Å². The first kappa shape index (κ1) is 15.0. The summed E-state index contributed by atoms with van der Waals surface area (Å²) in [7, 11) is -4.45. The molecular formula is C12H9F2NO5S. The lowest BCUT2D eigenvalue weighted by atomic mass is 10.2. The van der Waals surface area contributed by atoms with E-state index in [1.807, 2.05) is 0 Å². The zero-order valence-electron chi connectivity index (χ0n) is 10.6. The van der Waals surface area contributed by atoms with Crippen LogP contribution in [0, 0.1) is 18.6 Å². The van der Waals surface area contributed by atoms with Crippen LogP contribution in [-0.2, 0) is 10.0 Å². The second kappa shape index (κ2) is 5.17. The van der Waals surface area contributed by atoms with Crippen LogP contribution in [0.15, 0.2) is 33.8 Å². The molecule has 0 aliphatic carbocycles. The third-order valence-corrected chi connectivity index (χ3v) is 3.80. The molecule has 0 aliphatic heterocycles. The Balaban J connectivity index is 2.42. The quantitative estimate of drug-likeness (QED) is 0.902. The van der Waals surface area contributed by atoms with E-state index in [4.69, 9.17) is 5.11 Å². The third-order valence-electron chi connectivity index (χ3n) is 2.58. The van der Waals surface area contributed by atoms with Gasteiger partial charge in [-0.05, 0) is 30.7 Å². The van der Waals surface area contributed by atoms with Crippen molar-refractivity contribution in [3.05, 3.63) is 47.2 Å². The van der Waals surface area contributed by atoms with Crippen LogP contribution in [0.5, 0.6) is 0 Å². The zero-order chi connectivity index (χ0) is 15.8. The number of halogens is 2. The molecule has 21 heavy (non-hydrogen) atoms. The number of hydrogen-bond acceptors (Lipinski definition) is 4. The molecule has 0 aliphatic rings. The Morgan fingerprint density at radius 3 is 2.48 bits per heavy atom. The van der Waals surface area contributed by atoms with E-state index in [0.717, 1.165) is 24.3 Å². The molecule has 0 spiro atoms. The summed E-state index contributed by atoms with van der Waals surface area (Å²) in [5.41, 5.74) is -0.817. The first-order chi connectivity index (χ1) is 9.72. The monoisotopic (exact) mass is 317 g/mol. The molecular weight excluding hydrogens is 308 g/mol. The van der Waals surface area contributed by atoms with Crippen LogP contribution in [0.1, 0.15) is 16.1 Å². The molecule has 1 aromatic heterocycles. The van der Waals surface area contributed by atoms with Gasteiger partial charge < -0.3 is 9.52 Å². The van der Waals surface area contributed by atoms with E-state index in [1.165, 1.54) is 6.92 Å². The minimum atomic E-state index is -4.45. The van der Waals surface area contributed by atoms with Crippen molar-refractivity contribution in [1.82, 2.24) is 0 Å². The first-order valence-corrected chi connectivity index (χ1v) is 7.01. The van der Waals surface area contributed by atoms with Crippen LogP contribution >= 0.6 is 0 Å². The van der Waals surface area contributed by atoms with Crippen molar-refractivity contribution in [3.63, 3.8) is 0 Å². The predicted molar refractivity (Wildman–Crippen MR) is 67.6 cm³/mol. The number of benzene rings is 1. The number of nitrogens with one attached hydrogen (secondary N) is 1. The molecule has 0 fully saturated rings. The van der Waals surface area contributed by atoms with Gasteiger partial charge in [0, 0.05) is 0 Å². The standard InChI is InChI=1S/C12H9F2NO5S/c1-6-2-3-7(13)11(10(6)14)15-21(18,19)9-5-4-8(20-9)12(16)17/h2-5,15H,1H3,(H,16,17). The minimum absolute atomic E-state index is 0.0415. The number of rotatable bonds is 4. The lowest BCUT2D eigenvalue weighted by molar-refractivity contribution is 0.0656. The Bertz CT molecular complexity index is 813. The summed E-state index contributed by atoms with van der Waals surface area (Å²) < 4.78 is 57.4. The maximum absolute atomic E-state index is 13.8. The molecule has 0 atom stereocenters. The maximum atomic E-state index is 13.8. The second-order valence-electron chi connectivity index (χ2n) is 4.08.